The van der Waals surface area contributed by atoms with Crippen LogP contribution < -0.4 is 5.32 Å². The molecule has 1 unspecified atom stereocenters. The molecule has 0 saturated carbocycles. The van der Waals surface area contributed by atoms with E-state index in [1.54, 1.807) is 19.9 Å². The minimum Gasteiger partial charge on any atom is -0.395 e. The lowest BCUT2D eigenvalue weighted by molar-refractivity contribution is -0.255. The second-order valence-electron chi connectivity index (χ2n) is 9.70. The Bertz CT molecular complexity index is 1210. The fourth-order valence-electron chi connectivity index (χ4n) is 4.98. The molecular formula is C28H33N3O7. The van der Waals surface area contributed by atoms with E-state index in [-0.39, 0.29) is 36.9 Å². The number of likely N-dealkylation sites (tertiary alicyclic amines) is 1. The van der Waals surface area contributed by atoms with Crippen molar-refractivity contribution in [3.8, 4) is 0 Å². The average Bonchev–Trinajstić information content (AvgIpc) is 3.20. The summed E-state index contributed by atoms with van der Waals surface area (Å²) in [6.07, 6.45) is 1.76. The molecule has 2 aromatic carbocycles. The monoisotopic (exact) mass is 523 g/mol. The Hall–Kier alpha value is -3.76. The number of ether oxygens (including phenoxy) is 2. The van der Waals surface area contributed by atoms with Gasteiger partial charge in [-0.3, -0.25) is 14.5 Å². The Kier molecular flexibility index (Phi) is 8.13. The zero-order chi connectivity index (χ0) is 27.4. The lowest BCUT2D eigenvalue weighted by Gasteiger charge is -2.45. The molecule has 2 aliphatic heterocycles. The highest BCUT2D eigenvalue weighted by Crippen LogP contribution is 2.38. The highest BCUT2D eigenvalue weighted by atomic mass is 16.8. The van der Waals surface area contributed by atoms with Crippen molar-refractivity contribution in [3.63, 3.8) is 0 Å². The van der Waals surface area contributed by atoms with Gasteiger partial charge in [0.15, 0.2) is 0 Å². The Morgan fingerprint density at radius 2 is 1.84 bits per heavy atom. The first-order valence-corrected chi connectivity index (χ1v) is 12.7. The average molecular weight is 524 g/mol. The van der Waals surface area contributed by atoms with Crippen LogP contribution in [-0.2, 0) is 36.9 Å². The van der Waals surface area contributed by atoms with Crippen molar-refractivity contribution in [3.05, 3.63) is 64.7 Å². The summed E-state index contributed by atoms with van der Waals surface area (Å²) in [5.41, 5.74) is 2.82. The number of hydrogen-bond acceptors (Lipinski definition) is 8. The molecule has 2 amide bonds. The minimum atomic E-state index is -1.85. The van der Waals surface area contributed by atoms with Gasteiger partial charge in [-0.25, -0.2) is 9.59 Å². The summed E-state index contributed by atoms with van der Waals surface area (Å²) in [6, 6.07) is 13.0. The third-order valence-electron chi connectivity index (χ3n) is 7.15. The predicted molar refractivity (Wildman–Crippen MR) is 138 cm³/mol. The number of aryl methyl sites for hydroxylation is 1. The number of piperidine rings is 1. The Labute approximate surface area is 221 Å². The van der Waals surface area contributed by atoms with Crippen molar-refractivity contribution in [2.24, 2.45) is 0 Å². The first kappa shape index (κ1) is 27.3. The number of aliphatic hydroxyl groups is 1. The van der Waals surface area contributed by atoms with Crippen molar-refractivity contribution in [2.75, 3.05) is 25.5 Å². The largest absolute Gasteiger partial charge is 0.422 e. The molecule has 0 aliphatic carbocycles. The molecule has 0 radical (unpaired) electrons. The maximum absolute atomic E-state index is 13.7. The van der Waals surface area contributed by atoms with Crippen molar-refractivity contribution in [1.82, 2.24) is 9.80 Å². The molecule has 1 atom stereocenters. The maximum atomic E-state index is 13.7. The molecule has 2 N–H and O–H groups in total. The van der Waals surface area contributed by atoms with Crippen molar-refractivity contribution < 1.29 is 33.8 Å². The lowest BCUT2D eigenvalue weighted by Crippen LogP contribution is -2.61. The number of esters is 2. The van der Waals surface area contributed by atoms with Crippen LogP contribution in [0.1, 0.15) is 53.2 Å². The summed E-state index contributed by atoms with van der Waals surface area (Å²) in [6.45, 7) is 3.95. The quantitative estimate of drug-likeness (QED) is 0.399. The Balaban J connectivity index is 1.57. The highest BCUT2D eigenvalue weighted by molar-refractivity contribution is 6.31. The fraction of sp³-hybridized carbons (Fsp3) is 0.429. The summed E-state index contributed by atoms with van der Waals surface area (Å²) in [7, 11) is 1.96. The van der Waals surface area contributed by atoms with Crippen LogP contribution in [0, 0.1) is 6.92 Å². The van der Waals surface area contributed by atoms with E-state index in [2.05, 4.69) is 22.3 Å². The number of anilines is 1. The zero-order valence-electron chi connectivity index (χ0n) is 21.9. The number of amides is 2. The first-order chi connectivity index (χ1) is 18.2. The number of nitrogens with zero attached hydrogens (tertiary/aromatic N) is 2. The number of likely N-dealkylation sites (N-methyl/N-ethyl adjacent to an activating group) is 1. The summed E-state index contributed by atoms with van der Waals surface area (Å²) in [4.78, 5) is 53.4. The normalized spacial score (nSPS) is 18.4. The van der Waals surface area contributed by atoms with Crippen LogP contribution in [0.2, 0.25) is 0 Å². The molecule has 2 saturated heterocycles. The van der Waals surface area contributed by atoms with Gasteiger partial charge in [0.1, 0.15) is 0 Å². The van der Waals surface area contributed by atoms with Crippen LogP contribution in [0.25, 0.3) is 0 Å². The third-order valence-corrected chi connectivity index (χ3v) is 7.15. The number of hydrogen-bond donors (Lipinski definition) is 2. The third kappa shape index (κ3) is 5.56. The van der Waals surface area contributed by atoms with Gasteiger partial charge in [0.05, 0.1) is 13.0 Å². The van der Waals surface area contributed by atoms with E-state index >= 15 is 0 Å². The van der Waals surface area contributed by atoms with Gasteiger partial charge in [-0.15, -0.1) is 0 Å². The molecule has 0 aromatic heterocycles. The minimum absolute atomic E-state index is 0.108. The van der Waals surface area contributed by atoms with Crippen LogP contribution in [0.5, 0.6) is 0 Å². The first-order valence-electron chi connectivity index (χ1n) is 12.7. The summed E-state index contributed by atoms with van der Waals surface area (Å²) >= 11 is 0. The molecule has 2 fully saturated rings. The number of rotatable bonds is 8. The van der Waals surface area contributed by atoms with E-state index in [1.807, 2.05) is 25.2 Å². The van der Waals surface area contributed by atoms with E-state index in [1.165, 1.54) is 16.5 Å². The second kappa shape index (κ2) is 11.3. The van der Waals surface area contributed by atoms with Crippen molar-refractivity contribution >= 4 is 29.4 Å². The van der Waals surface area contributed by atoms with E-state index in [9.17, 15) is 24.3 Å². The molecule has 2 aliphatic rings. The lowest BCUT2D eigenvalue weighted by atomic mass is 9.96. The SMILES string of the molecule is CCC(=O)Nc1c(C)cc(C(=O)N2CCC(N(C)CCc3ccccc3)CC23OC(=O)C(=O)O3)cc1CO. The van der Waals surface area contributed by atoms with E-state index in [0.717, 1.165) is 13.0 Å². The van der Waals surface area contributed by atoms with Crippen molar-refractivity contribution in [1.29, 1.82) is 0 Å². The van der Waals surface area contributed by atoms with Crippen molar-refractivity contribution in [2.45, 2.75) is 58.1 Å². The van der Waals surface area contributed by atoms with Crippen LogP contribution in [-0.4, -0.2) is 70.7 Å². The number of aliphatic hydroxyl groups excluding tert-OH is 1. The number of carbonyl (C=O) groups is 4. The van der Waals surface area contributed by atoms with Gasteiger partial charge in [-0.05, 0) is 50.1 Å². The molecular weight excluding hydrogens is 490 g/mol. The molecule has 10 nitrogen and oxygen atoms in total. The van der Waals surface area contributed by atoms with E-state index in [4.69, 9.17) is 9.47 Å². The summed E-state index contributed by atoms with van der Waals surface area (Å²) < 4.78 is 10.9. The molecule has 38 heavy (non-hydrogen) atoms. The maximum Gasteiger partial charge on any atom is 0.422 e. The second-order valence-corrected chi connectivity index (χ2v) is 9.70. The van der Waals surface area contributed by atoms with E-state index in [0.29, 0.717) is 23.2 Å². The fourth-order valence-corrected chi connectivity index (χ4v) is 4.98. The van der Waals surface area contributed by atoms with Gasteiger partial charge in [0, 0.05) is 42.4 Å². The van der Waals surface area contributed by atoms with Crippen LogP contribution in [0.3, 0.4) is 0 Å². The van der Waals surface area contributed by atoms with Gasteiger partial charge in [0.2, 0.25) is 5.91 Å². The van der Waals surface area contributed by atoms with Crippen LogP contribution in [0.4, 0.5) is 5.69 Å². The standard InChI is InChI=1S/C28H33N3O7/c1-4-23(33)29-24-18(2)14-20(15-21(24)17-32)25(34)31-13-11-22(16-28(31)37-26(35)27(36)38-28)30(3)12-10-19-8-6-5-7-9-19/h5-9,14-15,22,32H,4,10-13,16-17H2,1-3H3,(H,29,33). The van der Waals surface area contributed by atoms with Gasteiger partial charge in [-0.1, -0.05) is 37.3 Å². The number of benzene rings is 2. The van der Waals surface area contributed by atoms with Crippen LogP contribution in [0.15, 0.2) is 42.5 Å². The Morgan fingerprint density at radius 1 is 1.16 bits per heavy atom. The zero-order valence-corrected chi connectivity index (χ0v) is 21.9. The molecule has 10 heteroatoms. The van der Waals surface area contributed by atoms with Gasteiger partial charge in [0.25, 0.3) is 5.91 Å². The highest BCUT2D eigenvalue weighted by Gasteiger charge is 2.58. The molecule has 4 rings (SSSR count). The molecule has 0 bridgehead atoms. The van der Waals surface area contributed by atoms with Gasteiger partial charge < -0.3 is 24.8 Å². The van der Waals surface area contributed by atoms with Gasteiger partial charge in [-0.2, -0.15) is 0 Å². The molecule has 2 heterocycles. The smallest absolute Gasteiger partial charge is 0.395 e. The van der Waals surface area contributed by atoms with Crippen LogP contribution >= 0.6 is 0 Å². The van der Waals surface area contributed by atoms with E-state index < -0.39 is 30.4 Å². The predicted octanol–water partition coefficient (Wildman–Crippen LogP) is 2.37. The molecule has 202 valence electrons. The number of nitrogens with one attached hydrogen (secondary N) is 1. The topological polar surface area (TPSA) is 125 Å². The molecule has 2 aromatic rings. The summed E-state index contributed by atoms with van der Waals surface area (Å²) in [5.74, 6) is -4.86. The van der Waals surface area contributed by atoms with Gasteiger partial charge >= 0.3 is 17.8 Å². The Morgan fingerprint density at radius 3 is 2.47 bits per heavy atom. The molecule has 1 spiro atoms. The summed E-state index contributed by atoms with van der Waals surface area (Å²) in [5, 5.41) is 12.7. The number of carbonyl (C=O) groups excluding carboxylic acids is 4.